The number of benzene rings is 1. The zero-order chi connectivity index (χ0) is 15.7. The molecule has 0 spiro atoms. The molecule has 0 saturated heterocycles. The molecule has 1 N–H and O–H groups in total. The lowest BCUT2D eigenvalue weighted by Crippen LogP contribution is -2.02. The Morgan fingerprint density at radius 3 is 2.73 bits per heavy atom. The number of fused-ring (bicyclic) bond motifs is 1. The van der Waals surface area contributed by atoms with Gasteiger partial charge in [0.2, 0.25) is 0 Å². The van der Waals surface area contributed by atoms with Gasteiger partial charge in [-0.3, -0.25) is 4.68 Å². The number of nitrogens with one attached hydrogen (secondary N) is 1. The number of anilines is 2. The van der Waals surface area contributed by atoms with Gasteiger partial charge < -0.3 is 10.1 Å². The molecule has 0 unspecified atom stereocenters. The van der Waals surface area contributed by atoms with Crippen LogP contribution in [0.1, 0.15) is 16.1 Å². The van der Waals surface area contributed by atoms with Gasteiger partial charge >= 0.3 is 5.97 Å². The van der Waals surface area contributed by atoms with Crippen molar-refractivity contribution in [1.29, 1.82) is 0 Å². The Kier molecular flexibility index (Phi) is 3.50. The van der Waals surface area contributed by atoms with E-state index >= 15 is 0 Å². The number of ether oxygens (including phenoxy) is 1. The van der Waals surface area contributed by atoms with Crippen molar-refractivity contribution < 1.29 is 9.53 Å². The molecule has 0 aliphatic carbocycles. The van der Waals surface area contributed by atoms with Crippen molar-refractivity contribution in [3.63, 3.8) is 0 Å². The summed E-state index contributed by atoms with van der Waals surface area (Å²) in [5.74, 6) is 1.20. The van der Waals surface area contributed by atoms with E-state index in [1.807, 2.05) is 32.2 Å². The number of carbonyl (C=O) groups is 1. The fourth-order valence-corrected chi connectivity index (χ4v) is 2.31. The fourth-order valence-electron chi connectivity index (χ4n) is 2.31. The molecule has 3 rings (SSSR count). The molecule has 0 aliphatic heterocycles. The summed E-state index contributed by atoms with van der Waals surface area (Å²) in [5, 5.41) is 9.38. The summed E-state index contributed by atoms with van der Waals surface area (Å²) < 4.78 is 6.50. The topological polar surface area (TPSA) is 69.0 Å². The van der Waals surface area contributed by atoms with E-state index in [2.05, 4.69) is 15.4 Å². The van der Waals surface area contributed by atoms with Crippen LogP contribution in [0.4, 0.5) is 11.6 Å². The van der Waals surface area contributed by atoms with E-state index < -0.39 is 0 Å². The fraction of sp³-hybridized carbons (Fsp3) is 0.188. The molecule has 6 nitrogen and oxygen atoms in total. The third-order valence-corrected chi connectivity index (χ3v) is 3.40. The number of methoxy groups -OCH3 is 1. The highest BCUT2D eigenvalue weighted by atomic mass is 16.5. The molecule has 0 radical (unpaired) electrons. The summed E-state index contributed by atoms with van der Waals surface area (Å²) in [7, 11) is 3.24. The molecule has 0 bridgehead atoms. The Labute approximate surface area is 127 Å². The molecule has 2 heterocycles. The van der Waals surface area contributed by atoms with Crippen LogP contribution < -0.4 is 5.32 Å². The maximum absolute atomic E-state index is 11.6. The van der Waals surface area contributed by atoms with Crippen molar-refractivity contribution in [2.24, 2.45) is 7.05 Å². The first kappa shape index (κ1) is 14.1. The molecule has 2 aromatic heterocycles. The highest BCUT2D eigenvalue weighted by molar-refractivity contribution is 5.95. The largest absolute Gasteiger partial charge is 0.465 e. The van der Waals surface area contributed by atoms with Gasteiger partial charge in [0.25, 0.3) is 0 Å². The predicted octanol–water partition coefficient (Wildman–Crippen LogP) is 2.81. The zero-order valence-electron chi connectivity index (χ0n) is 12.6. The summed E-state index contributed by atoms with van der Waals surface area (Å²) in [6.45, 7) is 1.93. The second-order valence-corrected chi connectivity index (χ2v) is 5.04. The number of pyridine rings is 1. The van der Waals surface area contributed by atoms with Gasteiger partial charge in [-0.15, -0.1) is 0 Å². The van der Waals surface area contributed by atoms with Crippen LogP contribution in [-0.2, 0) is 11.8 Å². The minimum Gasteiger partial charge on any atom is -0.465 e. The smallest absolute Gasteiger partial charge is 0.337 e. The standard InChI is InChI=1S/C16H16N4O2/c1-10-6-15(20(2)19-10)18-14-8-13-7-11(16(21)22-3)4-5-12(13)9-17-14/h4-9H,1-3H3,(H,17,18). The second-order valence-electron chi connectivity index (χ2n) is 5.04. The molecule has 6 heteroatoms. The third-order valence-electron chi connectivity index (χ3n) is 3.40. The van der Waals surface area contributed by atoms with Crippen molar-refractivity contribution in [1.82, 2.24) is 14.8 Å². The van der Waals surface area contributed by atoms with Gasteiger partial charge in [-0.25, -0.2) is 9.78 Å². The Morgan fingerprint density at radius 1 is 1.23 bits per heavy atom. The minimum absolute atomic E-state index is 0.351. The lowest BCUT2D eigenvalue weighted by Gasteiger charge is -2.07. The number of hydrogen-bond donors (Lipinski definition) is 1. The lowest BCUT2D eigenvalue weighted by molar-refractivity contribution is 0.0601. The Balaban J connectivity index is 1.97. The number of aromatic nitrogens is 3. The lowest BCUT2D eigenvalue weighted by atomic mass is 10.1. The van der Waals surface area contributed by atoms with Crippen LogP contribution in [-0.4, -0.2) is 27.8 Å². The highest BCUT2D eigenvalue weighted by Crippen LogP contribution is 2.21. The SMILES string of the molecule is COC(=O)c1ccc2cnc(Nc3cc(C)nn3C)cc2c1. The number of nitrogens with zero attached hydrogens (tertiary/aromatic N) is 3. The second kappa shape index (κ2) is 5.48. The van der Waals surface area contributed by atoms with Crippen LogP contribution in [0.25, 0.3) is 10.8 Å². The van der Waals surface area contributed by atoms with E-state index in [0.29, 0.717) is 11.4 Å². The molecule has 0 saturated carbocycles. The number of aryl methyl sites for hydroxylation is 2. The molecular formula is C16H16N4O2. The van der Waals surface area contributed by atoms with E-state index in [0.717, 1.165) is 22.3 Å². The molecule has 0 aliphatic rings. The zero-order valence-corrected chi connectivity index (χ0v) is 12.6. The van der Waals surface area contributed by atoms with Crippen molar-refractivity contribution in [3.8, 4) is 0 Å². The molecular weight excluding hydrogens is 280 g/mol. The Bertz CT molecular complexity index is 854. The molecule has 22 heavy (non-hydrogen) atoms. The van der Waals surface area contributed by atoms with E-state index in [1.165, 1.54) is 7.11 Å². The van der Waals surface area contributed by atoms with E-state index in [-0.39, 0.29) is 5.97 Å². The molecule has 0 atom stereocenters. The summed E-state index contributed by atoms with van der Waals surface area (Å²) in [6.07, 6.45) is 1.77. The molecule has 1 aromatic carbocycles. The maximum Gasteiger partial charge on any atom is 0.337 e. The predicted molar refractivity (Wildman–Crippen MR) is 84.3 cm³/mol. The van der Waals surface area contributed by atoms with Gasteiger partial charge in [0.05, 0.1) is 18.4 Å². The summed E-state index contributed by atoms with van der Waals surface area (Å²) in [4.78, 5) is 16.0. The quantitative estimate of drug-likeness (QED) is 0.753. The molecule has 112 valence electrons. The van der Waals surface area contributed by atoms with Crippen molar-refractivity contribution in [2.45, 2.75) is 6.92 Å². The van der Waals surface area contributed by atoms with Crippen LogP contribution >= 0.6 is 0 Å². The maximum atomic E-state index is 11.6. The average Bonchev–Trinajstić information content (AvgIpc) is 2.83. The van der Waals surface area contributed by atoms with Crippen molar-refractivity contribution in [3.05, 3.63) is 47.8 Å². The van der Waals surface area contributed by atoms with E-state index in [9.17, 15) is 4.79 Å². The van der Waals surface area contributed by atoms with Gasteiger partial charge in [-0.2, -0.15) is 5.10 Å². The number of esters is 1. The number of carbonyl (C=O) groups excluding carboxylic acids is 1. The Morgan fingerprint density at radius 2 is 2.05 bits per heavy atom. The summed E-state index contributed by atoms with van der Waals surface area (Å²) in [5.41, 5.74) is 1.45. The van der Waals surface area contributed by atoms with Crippen molar-refractivity contribution >= 4 is 28.4 Å². The van der Waals surface area contributed by atoms with E-state index in [1.54, 1.807) is 23.0 Å². The van der Waals surface area contributed by atoms with Gasteiger partial charge in [0.15, 0.2) is 0 Å². The molecule has 0 amide bonds. The van der Waals surface area contributed by atoms with Crippen LogP contribution in [0.3, 0.4) is 0 Å². The summed E-state index contributed by atoms with van der Waals surface area (Å²) >= 11 is 0. The van der Waals surface area contributed by atoms with Crippen LogP contribution in [0.15, 0.2) is 36.5 Å². The molecule has 0 fully saturated rings. The minimum atomic E-state index is -0.351. The molecule has 3 aromatic rings. The first-order valence-electron chi connectivity index (χ1n) is 6.82. The van der Waals surface area contributed by atoms with E-state index in [4.69, 9.17) is 4.74 Å². The average molecular weight is 296 g/mol. The van der Waals surface area contributed by atoms with Crippen LogP contribution in [0.5, 0.6) is 0 Å². The van der Waals surface area contributed by atoms with Crippen LogP contribution in [0.2, 0.25) is 0 Å². The summed E-state index contributed by atoms with van der Waals surface area (Å²) in [6, 6.07) is 9.21. The Hall–Kier alpha value is -2.89. The monoisotopic (exact) mass is 296 g/mol. The van der Waals surface area contributed by atoms with Crippen LogP contribution in [0, 0.1) is 6.92 Å². The van der Waals surface area contributed by atoms with Gasteiger partial charge in [-0.1, -0.05) is 6.07 Å². The van der Waals surface area contributed by atoms with Gasteiger partial charge in [0, 0.05) is 24.7 Å². The first-order valence-corrected chi connectivity index (χ1v) is 6.82. The number of hydrogen-bond acceptors (Lipinski definition) is 5. The van der Waals surface area contributed by atoms with Gasteiger partial charge in [0.1, 0.15) is 11.6 Å². The first-order chi connectivity index (χ1) is 10.6. The van der Waals surface area contributed by atoms with Crippen molar-refractivity contribution in [2.75, 3.05) is 12.4 Å². The van der Waals surface area contributed by atoms with Gasteiger partial charge in [-0.05, 0) is 30.5 Å². The highest BCUT2D eigenvalue weighted by Gasteiger charge is 2.08. The third kappa shape index (κ3) is 2.63. The normalized spacial score (nSPS) is 10.7. The number of rotatable bonds is 3.